The largest absolute Gasteiger partial charge is 0.472 e. The molecule has 2 heterocycles. The normalized spacial score (nSPS) is 10.7. The van der Waals surface area contributed by atoms with Gasteiger partial charge >= 0.3 is 0 Å². The number of rotatable bonds is 5. The molecule has 102 valence electrons. The topological polar surface area (TPSA) is 68.2 Å². The highest BCUT2D eigenvalue weighted by Crippen LogP contribution is 2.22. The Balaban J connectivity index is 2.26. The third-order valence-corrected chi connectivity index (χ3v) is 3.04. The van der Waals surface area contributed by atoms with Gasteiger partial charge in [-0.3, -0.25) is 0 Å². The molecular formula is C14H20N4O. The lowest BCUT2D eigenvalue weighted by atomic mass is 10.2. The van der Waals surface area contributed by atoms with E-state index in [0.29, 0.717) is 5.82 Å². The van der Waals surface area contributed by atoms with Crippen LogP contribution in [0.25, 0.3) is 0 Å². The Kier molecular flexibility index (Phi) is 4.04. The quantitative estimate of drug-likeness (QED) is 0.894. The summed E-state index contributed by atoms with van der Waals surface area (Å²) in [4.78, 5) is 11.0. The second kappa shape index (κ2) is 5.73. The van der Waals surface area contributed by atoms with Crippen molar-refractivity contribution in [3.63, 3.8) is 0 Å². The van der Waals surface area contributed by atoms with E-state index in [1.807, 2.05) is 20.0 Å². The summed E-state index contributed by atoms with van der Waals surface area (Å²) < 4.78 is 5.08. The van der Waals surface area contributed by atoms with Gasteiger partial charge < -0.3 is 15.1 Å². The molecule has 0 aliphatic heterocycles. The first-order valence-corrected chi connectivity index (χ1v) is 6.47. The summed E-state index contributed by atoms with van der Waals surface area (Å²) in [5, 5.41) is 0. The van der Waals surface area contributed by atoms with Crippen molar-refractivity contribution < 1.29 is 4.42 Å². The molecule has 0 aromatic carbocycles. The van der Waals surface area contributed by atoms with Gasteiger partial charge in [0.15, 0.2) is 0 Å². The number of aromatic nitrogens is 2. The molecule has 2 aromatic rings. The maximum Gasteiger partial charge on any atom is 0.137 e. The zero-order valence-electron chi connectivity index (χ0n) is 11.7. The molecule has 2 aromatic heterocycles. The average molecular weight is 260 g/mol. The highest BCUT2D eigenvalue weighted by atomic mass is 16.3. The zero-order valence-corrected chi connectivity index (χ0v) is 11.7. The first kappa shape index (κ1) is 13.4. The van der Waals surface area contributed by atoms with Gasteiger partial charge in [0.05, 0.1) is 12.5 Å². The van der Waals surface area contributed by atoms with Gasteiger partial charge in [-0.25, -0.2) is 9.97 Å². The van der Waals surface area contributed by atoms with Crippen molar-refractivity contribution in [3.8, 4) is 0 Å². The molecule has 0 atom stereocenters. The fraction of sp³-hybridized carbons (Fsp3) is 0.429. The summed E-state index contributed by atoms with van der Waals surface area (Å²) in [6, 6.07) is 1.95. The summed E-state index contributed by atoms with van der Waals surface area (Å²) in [6.07, 6.45) is 5.26. The maximum atomic E-state index is 5.97. The number of furan rings is 1. The Labute approximate surface area is 113 Å². The van der Waals surface area contributed by atoms with Gasteiger partial charge in [0.25, 0.3) is 0 Å². The Hall–Kier alpha value is -2.04. The summed E-state index contributed by atoms with van der Waals surface area (Å²) in [5.74, 6) is 2.25. The predicted molar refractivity (Wildman–Crippen MR) is 76.0 cm³/mol. The molecule has 0 spiro atoms. The zero-order chi connectivity index (χ0) is 13.8. The molecule has 0 unspecified atom stereocenters. The summed E-state index contributed by atoms with van der Waals surface area (Å²) in [6.45, 7) is 4.79. The fourth-order valence-electron chi connectivity index (χ4n) is 2.01. The smallest absolute Gasteiger partial charge is 0.137 e. The molecule has 19 heavy (non-hydrogen) atoms. The van der Waals surface area contributed by atoms with Crippen LogP contribution < -0.4 is 10.6 Å². The minimum atomic E-state index is 0.562. The number of nitrogens with zero attached hydrogens (tertiary/aromatic N) is 3. The average Bonchev–Trinajstić information content (AvgIpc) is 2.86. The molecule has 0 saturated carbocycles. The van der Waals surface area contributed by atoms with Gasteiger partial charge in [0, 0.05) is 31.1 Å². The molecule has 0 saturated heterocycles. The van der Waals surface area contributed by atoms with Gasteiger partial charge in [-0.2, -0.15) is 0 Å². The van der Waals surface area contributed by atoms with Gasteiger partial charge in [-0.15, -0.1) is 0 Å². The lowest BCUT2D eigenvalue weighted by Gasteiger charge is -2.20. The highest BCUT2D eigenvalue weighted by Gasteiger charge is 2.13. The molecule has 0 radical (unpaired) electrons. The van der Waals surface area contributed by atoms with Crippen molar-refractivity contribution in [1.29, 1.82) is 0 Å². The van der Waals surface area contributed by atoms with Crippen LogP contribution in [-0.4, -0.2) is 17.0 Å². The third kappa shape index (κ3) is 3.05. The van der Waals surface area contributed by atoms with E-state index >= 15 is 0 Å². The van der Waals surface area contributed by atoms with E-state index in [4.69, 9.17) is 10.2 Å². The van der Waals surface area contributed by atoms with Crippen molar-refractivity contribution >= 4 is 11.6 Å². The number of hydrogen-bond donors (Lipinski definition) is 1. The Bertz CT molecular complexity index is 537. The minimum Gasteiger partial charge on any atom is -0.472 e. The van der Waals surface area contributed by atoms with Gasteiger partial charge in [-0.1, -0.05) is 6.92 Å². The molecule has 5 heteroatoms. The molecule has 0 amide bonds. The van der Waals surface area contributed by atoms with Gasteiger partial charge in [0.2, 0.25) is 0 Å². The number of hydrogen-bond acceptors (Lipinski definition) is 5. The predicted octanol–water partition coefficient (Wildman–Crippen LogP) is 2.55. The Morgan fingerprint density at radius 2 is 2.16 bits per heavy atom. The summed E-state index contributed by atoms with van der Waals surface area (Å²) in [7, 11) is 2.00. The molecule has 2 N–H and O–H groups in total. The van der Waals surface area contributed by atoms with Crippen molar-refractivity contribution in [2.24, 2.45) is 0 Å². The first-order valence-electron chi connectivity index (χ1n) is 6.47. The Morgan fingerprint density at radius 3 is 2.79 bits per heavy atom. The van der Waals surface area contributed by atoms with E-state index in [-0.39, 0.29) is 0 Å². The van der Waals surface area contributed by atoms with Crippen LogP contribution in [-0.2, 0) is 13.0 Å². The van der Waals surface area contributed by atoms with Crippen LogP contribution in [0, 0.1) is 6.92 Å². The van der Waals surface area contributed by atoms with Crippen LogP contribution in [0.3, 0.4) is 0 Å². The van der Waals surface area contributed by atoms with Crippen molar-refractivity contribution in [2.45, 2.75) is 33.2 Å². The number of anilines is 2. The molecule has 0 aliphatic carbocycles. The van der Waals surface area contributed by atoms with Crippen molar-refractivity contribution in [1.82, 2.24) is 9.97 Å². The number of nitrogen functional groups attached to an aromatic ring is 1. The van der Waals surface area contributed by atoms with Crippen LogP contribution >= 0.6 is 0 Å². The van der Waals surface area contributed by atoms with E-state index in [1.165, 1.54) is 0 Å². The lowest BCUT2D eigenvalue weighted by molar-refractivity contribution is 0.563. The second-order valence-corrected chi connectivity index (χ2v) is 4.71. The molecular weight excluding hydrogens is 240 g/mol. The lowest BCUT2D eigenvalue weighted by Crippen LogP contribution is -2.20. The second-order valence-electron chi connectivity index (χ2n) is 4.71. The van der Waals surface area contributed by atoms with Crippen molar-refractivity contribution in [3.05, 3.63) is 35.5 Å². The van der Waals surface area contributed by atoms with E-state index < -0.39 is 0 Å². The maximum absolute atomic E-state index is 5.97. The molecule has 2 rings (SSSR count). The molecule has 0 bridgehead atoms. The van der Waals surface area contributed by atoms with Crippen LogP contribution in [0.4, 0.5) is 11.6 Å². The summed E-state index contributed by atoms with van der Waals surface area (Å²) >= 11 is 0. The van der Waals surface area contributed by atoms with Gasteiger partial charge in [-0.05, 0) is 19.4 Å². The van der Waals surface area contributed by atoms with Crippen LogP contribution in [0.15, 0.2) is 23.0 Å². The minimum absolute atomic E-state index is 0.562. The van der Waals surface area contributed by atoms with Gasteiger partial charge in [0.1, 0.15) is 17.5 Å². The van der Waals surface area contributed by atoms with Crippen LogP contribution in [0.2, 0.25) is 0 Å². The molecule has 0 fully saturated rings. The molecule has 5 nitrogen and oxygen atoms in total. The third-order valence-electron chi connectivity index (χ3n) is 3.04. The first-order chi connectivity index (χ1) is 9.11. The van der Waals surface area contributed by atoms with E-state index in [9.17, 15) is 0 Å². The summed E-state index contributed by atoms with van der Waals surface area (Å²) in [5.41, 5.74) is 8.00. The highest BCUT2D eigenvalue weighted by molar-refractivity contribution is 5.56. The monoisotopic (exact) mass is 260 g/mol. The fourth-order valence-corrected chi connectivity index (χ4v) is 2.01. The Morgan fingerprint density at radius 1 is 1.37 bits per heavy atom. The van der Waals surface area contributed by atoms with Crippen LogP contribution in [0.5, 0.6) is 0 Å². The van der Waals surface area contributed by atoms with Crippen molar-refractivity contribution in [2.75, 3.05) is 17.7 Å². The van der Waals surface area contributed by atoms with Crippen LogP contribution in [0.1, 0.15) is 30.3 Å². The SMILES string of the molecule is CCCc1nc(N)c(C)c(N(C)Cc2ccoc2)n1. The van der Waals surface area contributed by atoms with E-state index in [0.717, 1.165) is 42.2 Å². The number of nitrogens with two attached hydrogens (primary N) is 1. The standard InChI is InChI=1S/C14H20N4O/c1-4-5-12-16-13(15)10(2)14(17-12)18(3)8-11-6-7-19-9-11/h6-7,9H,4-5,8H2,1-3H3,(H2,15,16,17). The number of aryl methyl sites for hydroxylation is 1. The molecule has 0 aliphatic rings. The van der Waals surface area contributed by atoms with E-state index in [1.54, 1.807) is 12.5 Å². The van der Waals surface area contributed by atoms with E-state index in [2.05, 4.69) is 21.8 Å².